The van der Waals surface area contributed by atoms with Crippen molar-refractivity contribution >= 4 is 43.9 Å². The molecule has 0 saturated heterocycles. The lowest BCUT2D eigenvalue weighted by molar-refractivity contribution is -0.117. The third-order valence-corrected chi connectivity index (χ3v) is 7.41. The molecule has 1 aliphatic heterocycles. The average molecular weight is 489 g/mol. The van der Waals surface area contributed by atoms with Gasteiger partial charge in [-0.25, -0.2) is 17.5 Å². The number of carbonyl (C=O) groups is 1. The molecule has 1 amide bonds. The molecule has 0 bridgehead atoms. The second kappa shape index (κ2) is 8.32. The summed E-state index contributed by atoms with van der Waals surface area (Å²) in [6.07, 6.45) is 0. The topological polar surface area (TPSA) is 101 Å². The summed E-state index contributed by atoms with van der Waals surface area (Å²) in [5.74, 6) is -1.27. The normalized spacial score (nSPS) is 13.7. The van der Waals surface area contributed by atoms with Crippen LogP contribution in [0.4, 0.5) is 21.5 Å². The number of ether oxygens (including phenoxy) is 1. The minimum absolute atomic E-state index is 0.142. The van der Waals surface area contributed by atoms with Crippen molar-refractivity contribution in [3.05, 3.63) is 52.1 Å². The number of hydrogen-bond donors (Lipinski definition) is 1. The molecule has 11 heteroatoms. The van der Waals surface area contributed by atoms with Crippen molar-refractivity contribution in [1.29, 1.82) is 0 Å². The van der Waals surface area contributed by atoms with Crippen molar-refractivity contribution in [2.45, 2.75) is 18.7 Å². The number of halogens is 1. The molecule has 2 heterocycles. The summed E-state index contributed by atoms with van der Waals surface area (Å²) in [6.45, 7) is 3.76. The molecule has 9 nitrogen and oxygen atoms in total. The van der Waals surface area contributed by atoms with E-state index in [4.69, 9.17) is 4.74 Å². The number of hydrogen-bond acceptors (Lipinski definition) is 7. The number of fused-ring (bicyclic) bond motifs is 2. The van der Waals surface area contributed by atoms with Crippen LogP contribution in [-0.4, -0.2) is 46.1 Å². The Labute approximate surface area is 196 Å². The number of carbonyl (C=O) groups excluding carboxylic acids is 1. The Morgan fingerprint density at radius 1 is 1.06 bits per heavy atom. The van der Waals surface area contributed by atoms with E-state index in [1.165, 1.54) is 17.7 Å². The molecule has 180 valence electrons. The summed E-state index contributed by atoms with van der Waals surface area (Å²) in [5.41, 5.74) is 2.65. The zero-order chi connectivity index (χ0) is 24.9. The van der Waals surface area contributed by atoms with Crippen LogP contribution in [0.2, 0.25) is 0 Å². The summed E-state index contributed by atoms with van der Waals surface area (Å²) >= 11 is 0. The summed E-state index contributed by atoms with van der Waals surface area (Å²) in [5, 5.41) is 0.756. The fourth-order valence-electron chi connectivity index (χ4n) is 4.26. The van der Waals surface area contributed by atoms with Gasteiger partial charge in [-0.3, -0.25) is 9.59 Å². The smallest absolute Gasteiger partial charge is 0.267 e. The van der Waals surface area contributed by atoms with Crippen molar-refractivity contribution in [3.8, 4) is 5.75 Å². The van der Waals surface area contributed by atoms with Gasteiger partial charge in [-0.1, -0.05) is 0 Å². The number of likely N-dealkylation sites (N-methyl/N-ethyl adjacent to an activating group) is 1. The first-order chi connectivity index (χ1) is 15.9. The van der Waals surface area contributed by atoms with Crippen molar-refractivity contribution in [2.75, 3.05) is 37.0 Å². The lowest BCUT2D eigenvalue weighted by Crippen LogP contribution is -2.37. The molecule has 0 radical (unpaired) electrons. The quantitative estimate of drug-likeness (QED) is 0.602. The highest BCUT2D eigenvalue weighted by Gasteiger charge is 2.30. The molecule has 1 aromatic heterocycles. The standard InChI is InChI=1S/C23H25FN4O5S/c1-13-8-16-18(27(4)23(13)30)9-15(33-5)10-19(16)28-7-6-26(3)20-11-17(24)22(12-21(20)28)34(31,32)25-14(2)29/h8-12H,6-7H2,1-5H3,(H,25,29). The van der Waals surface area contributed by atoms with Crippen LogP contribution in [0, 0.1) is 12.7 Å². The van der Waals surface area contributed by atoms with Gasteiger partial charge in [-0.05, 0) is 19.1 Å². The average Bonchev–Trinajstić information content (AvgIpc) is 2.76. The summed E-state index contributed by atoms with van der Waals surface area (Å²) in [6, 6.07) is 7.72. The van der Waals surface area contributed by atoms with Crippen LogP contribution in [0.1, 0.15) is 12.5 Å². The number of nitrogens with one attached hydrogen (secondary N) is 1. The van der Waals surface area contributed by atoms with E-state index >= 15 is 0 Å². The van der Waals surface area contributed by atoms with Crippen molar-refractivity contribution in [2.24, 2.45) is 7.05 Å². The van der Waals surface area contributed by atoms with Crippen molar-refractivity contribution in [1.82, 2.24) is 9.29 Å². The summed E-state index contributed by atoms with van der Waals surface area (Å²) in [4.78, 5) is 27.0. The van der Waals surface area contributed by atoms with Crippen LogP contribution in [0.15, 0.2) is 40.0 Å². The molecule has 3 aromatic rings. The van der Waals surface area contributed by atoms with Crippen LogP contribution in [0.3, 0.4) is 0 Å². The van der Waals surface area contributed by atoms with E-state index in [-0.39, 0.29) is 5.56 Å². The first kappa shape index (κ1) is 23.6. The monoisotopic (exact) mass is 488 g/mol. The van der Waals surface area contributed by atoms with Gasteiger partial charge in [0.15, 0.2) is 0 Å². The molecule has 4 rings (SSSR count). The Bertz CT molecular complexity index is 1500. The molecule has 34 heavy (non-hydrogen) atoms. The van der Waals surface area contributed by atoms with E-state index < -0.39 is 26.6 Å². The third-order valence-electron chi connectivity index (χ3n) is 5.96. The highest BCUT2D eigenvalue weighted by molar-refractivity contribution is 7.90. The molecular weight excluding hydrogens is 463 g/mol. The second-order valence-electron chi connectivity index (χ2n) is 8.28. The van der Waals surface area contributed by atoms with Gasteiger partial charge in [0.1, 0.15) is 16.5 Å². The molecule has 0 fully saturated rings. The summed E-state index contributed by atoms with van der Waals surface area (Å²) in [7, 11) is 0.565. The van der Waals surface area contributed by atoms with Gasteiger partial charge in [0.05, 0.1) is 29.7 Å². The zero-order valence-electron chi connectivity index (χ0n) is 19.5. The lowest BCUT2D eigenvalue weighted by Gasteiger charge is -2.38. The molecule has 2 aromatic carbocycles. The maximum absolute atomic E-state index is 14.9. The molecule has 0 atom stereocenters. The molecule has 0 saturated carbocycles. The third kappa shape index (κ3) is 3.85. The van der Waals surface area contributed by atoms with Crippen LogP contribution in [-0.2, 0) is 21.9 Å². The Balaban J connectivity index is 2.02. The largest absolute Gasteiger partial charge is 0.497 e. The first-order valence-corrected chi connectivity index (χ1v) is 12.0. The van der Waals surface area contributed by atoms with Gasteiger partial charge < -0.3 is 19.1 Å². The Hall–Kier alpha value is -3.60. The van der Waals surface area contributed by atoms with Crippen LogP contribution in [0.5, 0.6) is 5.75 Å². The van der Waals surface area contributed by atoms with E-state index in [1.54, 1.807) is 39.2 Å². The zero-order valence-corrected chi connectivity index (χ0v) is 20.3. The van der Waals surface area contributed by atoms with Gasteiger partial charge in [-0.2, -0.15) is 0 Å². The number of aryl methyl sites for hydroxylation is 2. The fourth-order valence-corrected chi connectivity index (χ4v) is 5.33. The first-order valence-electron chi connectivity index (χ1n) is 10.5. The maximum Gasteiger partial charge on any atom is 0.267 e. The predicted molar refractivity (Wildman–Crippen MR) is 128 cm³/mol. The van der Waals surface area contributed by atoms with Crippen LogP contribution < -0.4 is 24.8 Å². The van der Waals surface area contributed by atoms with Gasteiger partial charge in [-0.15, -0.1) is 0 Å². The number of benzene rings is 2. The van der Waals surface area contributed by atoms with Gasteiger partial charge in [0.2, 0.25) is 5.91 Å². The molecular formula is C23H25FN4O5S. The number of amides is 1. The fraction of sp³-hybridized carbons (Fsp3) is 0.304. The Morgan fingerprint density at radius 3 is 2.41 bits per heavy atom. The van der Waals surface area contributed by atoms with Gasteiger partial charge >= 0.3 is 0 Å². The molecule has 0 aliphatic carbocycles. The second-order valence-corrected chi connectivity index (χ2v) is 9.93. The Kier molecular flexibility index (Phi) is 5.76. The molecule has 1 N–H and O–H groups in total. The minimum Gasteiger partial charge on any atom is -0.497 e. The lowest BCUT2D eigenvalue weighted by atomic mass is 10.1. The van der Waals surface area contributed by atoms with E-state index in [1.807, 2.05) is 14.5 Å². The van der Waals surface area contributed by atoms with Gasteiger partial charge in [0.25, 0.3) is 15.6 Å². The van der Waals surface area contributed by atoms with Crippen LogP contribution in [0.25, 0.3) is 10.9 Å². The Morgan fingerprint density at radius 2 is 1.76 bits per heavy atom. The minimum atomic E-state index is -4.41. The summed E-state index contributed by atoms with van der Waals surface area (Å²) < 4.78 is 49.0. The van der Waals surface area contributed by atoms with E-state index in [0.717, 1.165) is 18.4 Å². The predicted octanol–water partition coefficient (Wildman–Crippen LogP) is 2.41. The highest BCUT2D eigenvalue weighted by Crippen LogP contribution is 2.43. The molecule has 0 unspecified atom stereocenters. The van der Waals surface area contributed by atoms with Crippen molar-refractivity contribution < 1.29 is 22.3 Å². The number of rotatable bonds is 4. The van der Waals surface area contributed by atoms with E-state index in [9.17, 15) is 22.4 Å². The number of sulfonamides is 1. The van der Waals surface area contributed by atoms with E-state index in [2.05, 4.69) is 0 Å². The van der Waals surface area contributed by atoms with Crippen LogP contribution >= 0.6 is 0 Å². The van der Waals surface area contributed by atoms with Gasteiger partial charge in [0, 0.05) is 63.3 Å². The molecule has 1 aliphatic rings. The number of aromatic nitrogens is 1. The van der Waals surface area contributed by atoms with Crippen molar-refractivity contribution in [3.63, 3.8) is 0 Å². The van der Waals surface area contributed by atoms with E-state index in [0.29, 0.717) is 47.0 Å². The number of nitrogens with zero attached hydrogens (tertiary/aromatic N) is 3. The highest BCUT2D eigenvalue weighted by atomic mass is 32.2. The SMILES string of the molecule is COc1cc(N2CCN(C)c3cc(F)c(S(=O)(=O)NC(C)=O)cc32)c2cc(C)c(=O)n(C)c2c1. The number of anilines is 3. The molecule has 0 spiro atoms. The number of pyridine rings is 1. The number of methoxy groups -OCH3 is 1. The maximum atomic E-state index is 14.9.